The highest BCUT2D eigenvalue weighted by Gasteiger charge is 2.24. The van der Waals surface area contributed by atoms with Crippen molar-refractivity contribution in [1.29, 1.82) is 0 Å². The molecule has 0 bridgehead atoms. The molecule has 1 saturated heterocycles. The van der Waals surface area contributed by atoms with E-state index < -0.39 is 0 Å². The van der Waals surface area contributed by atoms with Crippen molar-refractivity contribution in [3.8, 4) is 5.75 Å². The Kier molecular flexibility index (Phi) is 6.48. The van der Waals surface area contributed by atoms with Gasteiger partial charge in [-0.15, -0.1) is 0 Å². The Hall–Kier alpha value is -2.37. The molecule has 2 aromatic carbocycles. The van der Waals surface area contributed by atoms with E-state index in [0.717, 1.165) is 26.2 Å². The number of benzene rings is 2. The molecule has 2 aromatic rings. The Morgan fingerprint density at radius 2 is 1.81 bits per heavy atom. The topological polar surface area (TPSA) is 44.8 Å². The van der Waals surface area contributed by atoms with Crippen molar-refractivity contribution in [2.24, 2.45) is 0 Å². The second-order valence-corrected chi connectivity index (χ2v) is 7.21. The number of methoxy groups -OCH3 is 1. The van der Waals surface area contributed by atoms with E-state index >= 15 is 0 Å². The number of nitrogens with one attached hydrogen (secondary N) is 1. The fraction of sp³-hybridized carbons (Fsp3) is 0.409. The lowest BCUT2D eigenvalue weighted by Gasteiger charge is -2.38. The summed E-state index contributed by atoms with van der Waals surface area (Å²) in [5, 5.41) is 3.12. The molecule has 1 aliphatic rings. The zero-order valence-electron chi connectivity index (χ0n) is 16.4. The van der Waals surface area contributed by atoms with Gasteiger partial charge in [-0.3, -0.25) is 9.69 Å². The van der Waals surface area contributed by atoms with Crippen LogP contribution in [-0.4, -0.2) is 62.6 Å². The number of rotatable bonds is 6. The molecule has 5 nitrogen and oxygen atoms in total. The van der Waals surface area contributed by atoms with Crippen LogP contribution in [0.2, 0.25) is 0 Å². The van der Waals surface area contributed by atoms with Crippen LogP contribution in [-0.2, 0) is 0 Å². The molecule has 144 valence electrons. The van der Waals surface area contributed by atoms with Gasteiger partial charge in [-0.2, -0.15) is 0 Å². The predicted molar refractivity (Wildman–Crippen MR) is 108 cm³/mol. The van der Waals surface area contributed by atoms with E-state index in [1.807, 2.05) is 18.2 Å². The fourth-order valence-corrected chi connectivity index (χ4v) is 3.44. The smallest absolute Gasteiger partial charge is 0.251 e. The van der Waals surface area contributed by atoms with E-state index in [-0.39, 0.29) is 11.9 Å². The maximum atomic E-state index is 12.6. The van der Waals surface area contributed by atoms with E-state index in [1.54, 1.807) is 13.2 Å². The zero-order chi connectivity index (χ0) is 19.2. The number of amides is 1. The molecule has 3 rings (SSSR count). The third-order valence-corrected chi connectivity index (χ3v) is 5.23. The zero-order valence-corrected chi connectivity index (χ0v) is 16.4. The summed E-state index contributed by atoms with van der Waals surface area (Å²) in [6, 6.07) is 16.1. The largest absolute Gasteiger partial charge is 0.497 e. The number of ether oxygens (including phenoxy) is 1. The average molecular weight is 367 g/mol. The van der Waals surface area contributed by atoms with Gasteiger partial charge in [-0.05, 0) is 37.7 Å². The summed E-state index contributed by atoms with van der Waals surface area (Å²) in [6.45, 7) is 6.79. The Balaban J connectivity index is 1.72. The third-order valence-electron chi connectivity index (χ3n) is 5.23. The highest BCUT2D eigenvalue weighted by Crippen LogP contribution is 2.22. The summed E-state index contributed by atoms with van der Waals surface area (Å²) in [7, 11) is 3.76. The molecule has 0 aromatic heterocycles. The Labute approximate surface area is 161 Å². The predicted octanol–water partition coefficient (Wildman–Crippen LogP) is 2.72. The van der Waals surface area contributed by atoms with Crippen molar-refractivity contribution in [3.63, 3.8) is 0 Å². The number of nitrogens with zero attached hydrogens (tertiary/aromatic N) is 2. The summed E-state index contributed by atoms with van der Waals surface area (Å²) in [4.78, 5) is 17.5. The van der Waals surface area contributed by atoms with Crippen molar-refractivity contribution >= 4 is 5.91 Å². The average Bonchev–Trinajstić information content (AvgIpc) is 2.70. The standard InChI is InChI=1S/C22H29N3O2/c1-17-7-9-18(10-8-17)21(25-13-11-24(2)12-14-25)16-23-22(26)19-5-4-6-20(15-19)27-3/h4-10,15,21H,11-14,16H2,1-3H3,(H,23,26)/t21-/m0/s1. The number of hydrogen-bond donors (Lipinski definition) is 1. The summed E-state index contributed by atoms with van der Waals surface area (Å²) in [6.07, 6.45) is 0. The quantitative estimate of drug-likeness (QED) is 0.853. The van der Waals surface area contributed by atoms with Crippen LogP contribution in [0.1, 0.15) is 27.5 Å². The molecule has 27 heavy (non-hydrogen) atoms. The van der Waals surface area contributed by atoms with Gasteiger partial charge in [0, 0.05) is 38.3 Å². The number of likely N-dealkylation sites (N-methyl/N-ethyl adjacent to an activating group) is 1. The summed E-state index contributed by atoms with van der Waals surface area (Å²) in [5.74, 6) is 0.622. The lowest BCUT2D eigenvalue weighted by atomic mass is 10.0. The molecule has 1 heterocycles. The summed E-state index contributed by atoms with van der Waals surface area (Å²) < 4.78 is 5.22. The van der Waals surface area contributed by atoms with Crippen molar-refractivity contribution in [3.05, 3.63) is 65.2 Å². The van der Waals surface area contributed by atoms with Gasteiger partial charge in [0.1, 0.15) is 5.75 Å². The minimum atomic E-state index is -0.0693. The van der Waals surface area contributed by atoms with Gasteiger partial charge in [-0.1, -0.05) is 35.9 Å². The molecule has 1 fully saturated rings. The van der Waals surface area contributed by atoms with E-state index in [2.05, 4.69) is 53.4 Å². The molecule has 1 atom stereocenters. The van der Waals surface area contributed by atoms with Crippen LogP contribution < -0.4 is 10.1 Å². The molecule has 0 spiro atoms. The molecule has 1 N–H and O–H groups in total. The molecule has 0 unspecified atom stereocenters. The van der Waals surface area contributed by atoms with Gasteiger partial charge >= 0.3 is 0 Å². The molecule has 0 radical (unpaired) electrons. The maximum Gasteiger partial charge on any atom is 0.251 e. The lowest BCUT2D eigenvalue weighted by molar-refractivity contribution is 0.0886. The first-order valence-corrected chi connectivity index (χ1v) is 9.48. The maximum absolute atomic E-state index is 12.6. The van der Waals surface area contributed by atoms with Crippen molar-refractivity contribution in [1.82, 2.24) is 15.1 Å². The van der Waals surface area contributed by atoms with E-state index in [9.17, 15) is 4.79 Å². The third kappa shape index (κ3) is 5.08. The first kappa shape index (κ1) is 19.4. The Bertz CT molecular complexity index is 752. The second kappa shape index (κ2) is 9.02. The van der Waals surface area contributed by atoms with Crippen LogP contribution in [0, 0.1) is 6.92 Å². The molecular formula is C22H29N3O2. The normalized spacial score (nSPS) is 16.7. The van der Waals surface area contributed by atoms with Gasteiger partial charge in [0.15, 0.2) is 0 Å². The van der Waals surface area contributed by atoms with E-state index in [4.69, 9.17) is 4.74 Å². The Morgan fingerprint density at radius 1 is 1.11 bits per heavy atom. The molecule has 5 heteroatoms. The van der Waals surface area contributed by atoms with Crippen LogP contribution in [0.5, 0.6) is 5.75 Å². The molecule has 1 amide bonds. The van der Waals surface area contributed by atoms with Gasteiger partial charge in [0.2, 0.25) is 0 Å². The number of aryl methyl sites for hydroxylation is 1. The van der Waals surface area contributed by atoms with Gasteiger partial charge in [-0.25, -0.2) is 0 Å². The first-order valence-electron chi connectivity index (χ1n) is 9.48. The number of carbonyl (C=O) groups is 1. The highest BCUT2D eigenvalue weighted by atomic mass is 16.5. The van der Waals surface area contributed by atoms with Crippen LogP contribution >= 0.6 is 0 Å². The Morgan fingerprint density at radius 3 is 2.48 bits per heavy atom. The summed E-state index contributed by atoms with van der Waals surface area (Å²) in [5.41, 5.74) is 3.11. The number of carbonyl (C=O) groups excluding carboxylic acids is 1. The second-order valence-electron chi connectivity index (χ2n) is 7.21. The lowest BCUT2D eigenvalue weighted by Crippen LogP contribution is -2.48. The fourth-order valence-electron chi connectivity index (χ4n) is 3.44. The summed E-state index contributed by atoms with van der Waals surface area (Å²) >= 11 is 0. The van der Waals surface area contributed by atoms with Crippen molar-refractivity contribution in [2.75, 3.05) is 46.9 Å². The van der Waals surface area contributed by atoms with E-state index in [0.29, 0.717) is 17.9 Å². The van der Waals surface area contributed by atoms with Crippen LogP contribution in [0.3, 0.4) is 0 Å². The van der Waals surface area contributed by atoms with E-state index in [1.165, 1.54) is 11.1 Å². The van der Waals surface area contributed by atoms with Crippen LogP contribution in [0.4, 0.5) is 0 Å². The minimum Gasteiger partial charge on any atom is -0.497 e. The van der Waals surface area contributed by atoms with Crippen molar-refractivity contribution in [2.45, 2.75) is 13.0 Å². The first-order chi connectivity index (χ1) is 13.1. The molecule has 0 aliphatic carbocycles. The van der Waals surface area contributed by atoms with Gasteiger partial charge < -0.3 is 15.0 Å². The molecule has 0 saturated carbocycles. The SMILES string of the molecule is COc1cccc(C(=O)NC[C@@H](c2ccc(C)cc2)N2CCN(C)CC2)c1. The monoisotopic (exact) mass is 367 g/mol. The number of hydrogen-bond acceptors (Lipinski definition) is 4. The van der Waals surface area contributed by atoms with Crippen LogP contribution in [0.25, 0.3) is 0 Å². The van der Waals surface area contributed by atoms with Crippen molar-refractivity contribution < 1.29 is 9.53 Å². The van der Waals surface area contributed by atoms with Gasteiger partial charge in [0.05, 0.1) is 13.2 Å². The van der Waals surface area contributed by atoms with Gasteiger partial charge in [0.25, 0.3) is 5.91 Å². The number of piperazine rings is 1. The highest BCUT2D eigenvalue weighted by molar-refractivity contribution is 5.94. The minimum absolute atomic E-state index is 0.0693. The molecular weight excluding hydrogens is 338 g/mol. The van der Waals surface area contributed by atoms with Crippen LogP contribution in [0.15, 0.2) is 48.5 Å². The molecule has 1 aliphatic heterocycles.